The van der Waals surface area contributed by atoms with Crippen LogP contribution in [0.5, 0.6) is 0 Å². The summed E-state index contributed by atoms with van der Waals surface area (Å²) in [5.41, 5.74) is 2.44. The number of amides is 1. The summed E-state index contributed by atoms with van der Waals surface area (Å²) in [4.78, 5) is 13.5. The fraction of sp³-hybridized carbons (Fsp3) is 0.409. The van der Waals surface area contributed by atoms with Crippen molar-refractivity contribution in [2.75, 3.05) is 12.3 Å². The van der Waals surface area contributed by atoms with Gasteiger partial charge in [-0.3, -0.25) is 4.79 Å². The second-order valence-corrected chi connectivity index (χ2v) is 10.1. The van der Waals surface area contributed by atoms with E-state index in [0.29, 0.717) is 6.42 Å². The summed E-state index contributed by atoms with van der Waals surface area (Å²) in [7, 11) is -3.81. The topological polar surface area (TPSA) is 80.5 Å². The summed E-state index contributed by atoms with van der Waals surface area (Å²) in [5.74, 6) is -1.98. The molecule has 5 nitrogen and oxygen atoms in total. The lowest BCUT2D eigenvalue weighted by Crippen LogP contribution is -2.44. The molecule has 1 amide bonds. The molecule has 160 valence electrons. The molecule has 0 bridgehead atoms. The van der Waals surface area contributed by atoms with Crippen LogP contribution in [0.4, 0.5) is 8.78 Å². The summed E-state index contributed by atoms with van der Waals surface area (Å²) < 4.78 is 50.3. The molecule has 1 aliphatic carbocycles. The number of hydrogen-bond donors (Lipinski definition) is 1. The van der Waals surface area contributed by atoms with Gasteiger partial charge in [0.15, 0.2) is 0 Å². The van der Waals surface area contributed by atoms with Gasteiger partial charge in [-0.15, -0.1) is 0 Å². The summed E-state index contributed by atoms with van der Waals surface area (Å²) >= 11 is 0. The Morgan fingerprint density at radius 1 is 1.10 bits per heavy atom. The standard InChI is InChI=1S/C22H24F2N2O3S/c23-20(24)21(27)26-14-22(9-10-22)18(13-30(25,28)29)19(26)12-15-5-4-8-17(11-15)16-6-2-1-3-7-16/h1-8,11,18-20H,9-10,12-14H2,(H2,25,28,29). The Kier molecular flexibility index (Phi) is 5.40. The molecule has 2 atom stereocenters. The molecule has 0 radical (unpaired) electrons. The Bertz CT molecular complexity index is 1040. The third kappa shape index (κ3) is 4.25. The van der Waals surface area contributed by atoms with Crippen molar-refractivity contribution < 1.29 is 22.0 Å². The first-order valence-electron chi connectivity index (χ1n) is 9.92. The number of likely N-dealkylation sites (tertiary alicyclic amines) is 1. The maximum absolute atomic E-state index is 13.3. The van der Waals surface area contributed by atoms with Crippen molar-refractivity contribution >= 4 is 15.9 Å². The van der Waals surface area contributed by atoms with Crippen LogP contribution in [0.3, 0.4) is 0 Å². The number of sulfonamides is 1. The molecule has 4 rings (SSSR count). The minimum Gasteiger partial charge on any atom is -0.334 e. The van der Waals surface area contributed by atoms with Crippen molar-refractivity contribution in [3.05, 3.63) is 60.2 Å². The first-order chi connectivity index (χ1) is 14.2. The second kappa shape index (κ2) is 7.74. The zero-order valence-electron chi connectivity index (χ0n) is 16.4. The zero-order valence-corrected chi connectivity index (χ0v) is 17.2. The predicted octanol–water partition coefficient (Wildman–Crippen LogP) is 3.06. The molecule has 1 heterocycles. The van der Waals surface area contributed by atoms with E-state index in [4.69, 9.17) is 5.14 Å². The molecule has 2 aromatic carbocycles. The molecule has 1 spiro atoms. The third-order valence-electron chi connectivity index (χ3n) is 6.39. The van der Waals surface area contributed by atoms with Crippen LogP contribution < -0.4 is 5.14 Å². The van der Waals surface area contributed by atoms with Crippen molar-refractivity contribution in [1.82, 2.24) is 4.90 Å². The van der Waals surface area contributed by atoms with E-state index >= 15 is 0 Å². The van der Waals surface area contributed by atoms with Gasteiger partial charge in [0, 0.05) is 18.5 Å². The number of alkyl halides is 2. The van der Waals surface area contributed by atoms with E-state index in [1.165, 1.54) is 4.90 Å². The summed E-state index contributed by atoms with van der Waals surface area (Å²) in [6, 6.07) is 16.8. The number of nitrogens with zero attached hydrogens (tertiary/aromatic N) is 1. The van der Waals surface area contributed by atoms with Crippen molar-refractivity contribution in [2.24, 2.45) is 16.5 Å². The number of rotatable bonds is 6. The van der Waals surface area contributed by atoms with Gasteiger partial charge in [0.25, 0.3) is 5.91 Å². The molecule has 2 aromatic rings. The molecule has 2 aliphatic rings. The number of primary sulfonamides is 1. The van der Waals surface area contributed by atoms with Crippen LogP contribution in [-0.2, 0) is 21.2 Å². The Morgan fingerprint density at radius 3 is 2.37 bits per heavy atom. The average Bonchev–Trinajstić information content (AvgIpc) is 3.43. The minimum absolute atomic E-state index is 0.166. The second-order valence-electron chi connectivity index (χ2n) is 8.40. The van der Waals surface area contributed by atoms with Crippen molar-refractivity contribution in [3.8, 4) is 11.1 Å². The van der Waals surface area contributed by atoms with E-state index in [1.54, 1.807) is 0 Å². The number of halogens is 2. The van der Waals surface area contributed by atoms with Crippen LogP contribution in [0.15, 0.2) is 54.6 Å². The van der Waals surface area contributed by atoms with Crippen molar-refractivity contribution in [3.63, 3.8) is 0 Å². The van der Waals surface area contributed by atoms with Gasteiger partial charge in [0.2, 0.25) is 10.0 Å². The molecule has 2 unspecified atom stereocenters. The zero-order chi connectivity index (χ0) is 21.5. The lowest BCUT2D eigenvalue weighted by Gasteiger charge is -2.28. The molecule has 1 aliphatic heterocycles. The summed E-state index contributed by atoms with van der Waals surface area (Å²) in [5, 5.41) is 5.32. The highest BCUT2D eigenvalue weighted by Crippen LogP contribution is 2.59. The number of benzene rings is 2. The fourth-order valence-electron chi connectivity index (χ4n) is 4.80. The Morgan fingerprint density at radius 2 is 1.77 bits per heavy atom. The van der Waals surface area contributed by atoms with E-state index in [0.717, 1.165) is 29.5 Å². The lowest BCUT2D eigenvalue weighted by molar-refractivity contribution is -0.144. The molecule has 30 heavy (non-hydrogen) atoms. The van der Waals surface area contributed by atoms with E-state index < -0.39 is 39.7 Å². The normalized spacial score (nSPS) is 22.6. The lowest BCUT2D eigenvalue weighted by atomic mass is 9.86. The molecule has 8 heteroatoms. The van der Waals surface area contributed by atoms with E-state index in [2.05, 4.69) is 0 Å². The van der Waals surface area contributed by atoms with Gasteiger partial charge in [0.05, 0.1) is 5.75 Å². The molecular weight excluding hydrogens is 410 g/mol. The maximum Gasteiger partial charge on any atom is 0.315 e. The highest BCUT2D eigenvalue weighted by Gasteiger charge is 2.61. The molecular formula is C22H24F2N2O3S. The Labute approximate surface area is 174 Å². The van der Waals surface area contributed by atoms with Gasteiger partial charge >= 0.3 is 6.43 Å². The van der Waals surface area contributed by atoms with E-state index in [-0.39, 0.29) is 12.3 Å². The quantitative estimate of drug-likeness (QED) is 0.759. The molecule has 0 aromatic heterocycles. The minimum atomic E-state index is -3.81. The van der Waals surface area contributed by atoms with Crippen LogP contribution in [0.2, 0.25) is 0 Å². The largest absolute Gasteiger partial charge is 0.334 e. The maximum atomic E-state index is 13.3. The van der Waals surface area contributed by atoms with Gasteiger partial charge < -0.3 is 4.90 Å². The van der Waals surface area contributed by atoms with E-state index in [9.17, 15) is 22.0 Å². The van der Waals surface area contributed by atoms with Gasteiger partial charge in [-0.1, -0.05) is 54.6 Å². The van der Waals surface area contributed by atoms with Gasteiger partial charge in [-0.2, -0.15) is 8.78 Å². The van der Waals surface area contributed by atoms with Crippen molar-refractivity contribution in [2.45, 2.75) is 31.7 Å². The monoisotopic (exact) mass is 434 g/mol. The van der Waals surface area contributed by atoms with Crippen LogP contribution in [-0.4, -0.2) is 44.0 Å². The van der Waals surface area contributed by atoms with Crippen LogP contribution >= 0.6 is 0 Å². The third-order valence-corrected chi connectivity index (χ3v) is 7.21. The molecule has 1 saturated heterocycles. The number of carbonyl (C=O) groups excluding carboxylic acids is 1. The molecule has 1 saturated carbocycles. The molecule has 2 N–H and O–H groups in total. The van der Waals surface area contributed by atoms with Crippen LogP contribution in [0.25, 0.3) is 11.1 Å². The van der Waals surface area contributed by atoms with Gasteiger partial charge in [-0.05, 0) is 41.4 Å². The first kappa shape index (κ1) is 20.9. The first-order valence-corrected chi connectivity index (χ1v) is 11.6. The van der Waals surface area contributed by atoms with E-state index in [1.807, 2.05) is 54.6 Å². The summed E-state index contributed by atoms with van der Waals surface area (Å²) in [6.45, 7) is 0.166. The Balaban J connectivity index is 1.67. The number of hydrogen-bond acceptors (Lipinski definition) is 3. The molecule has 2 fully saturated rings. The number of nitrogens with two attached hydrogens (primary N) is 1. The smallest absolute Gasteiger partial charge is 0.315 e. The SMILES string of the molecule is NS(=O)(=O)CC1C(Cc2cccc(-c3ccccc3)c2)N(C(=O)C(F)F)CC12CC2. The predicted molar refractivity (Wildman–Crippen MR) is 110 cm³/mol. The highest BCUT2D eigenvalue weighted by molar-refractivity contribution is 7.89. The number of carbonyl (C=O) groups is 1. The van der Waals surface area contributed by atoms with Crippen LogP contribution in [0, 0.1) is 11.3 Å². The van der Waals surface area contributed by atoms with Gasteiger partial charge in [0.1, 0.15) is 0 Å². The van der Waals surface area contributed by atoms with Crippen molar-refractivity contribution in [1.29, 1.82) is 0 Å². The fourth-order valence-corrected chi connectivity index (χ4v) is 5.87. The Hall–Kier alpha value is -2.32. The summed E-state index contributed by atoms with van der Waals surface area (Å²) in [6.07, 6.45) is -1.37. The van der Waals surface area contributed by atoms with Crippen LogP contribution in [0.1, 0.15) is 18.4 Å². The van der Waals surface area contributed by atoms with Gasteiger partial charge in [-0.25, -0.2) is 13.6 Å². The average molecular weight is 435 g/mol. The highest BCUT2D eigenvalue weighted by atomic mass is 32.2.